The first kappa shape index (κ1) is 21.9. The molecule has 0 unspecified atom stereocenters. The van der Waals surface area contributed by atoms with Crippen molar-refractivity contribution in [3.05, 3.63) is 48.4 Å². The number of nitriles is 1. The lowest BCUT2D eigenvalue weighted by atomic mass is 9.80. The van der Waals surface area contributed by atoms with E-state index >= 15 is 0 Å². The molecule has 1 fully saturated rings. The standard InChI is InChI=1S/C16H15N7O.C2HF3O2/c17-7-16(8-18-9-16)5-14-21-15(22-24-14)13-3-1-12(2-4-13)6-23-11-19-10-20-23;3-2(4,5)1(6)7/h1-4,10-11,18H,5-6,8-9H2;(H,6,7). The minimum Gasteiger partial charge on any atom is -0.475 e. The average Bonchev–Trinajstić information content (AvgIpc) is 3.37. The first-order chi connectivity index (χ1) is 14.7. The Balaban J connectivity index is 0.000000339. The molecule has 1 aliphatic heterocycles. The van der Waals surface area contributed by atoms with Crippen molar-refractivity contribution < 1.29 is 27.6 Å². The highest BCUT2D eigenvalue weighted by atomic mass is 19.4. The molecule has 3 aromatic rings. The van der Waals surface area contributed by atoms with Gasteiger partial charge in [-0.3, -0.25) is 0 Å². The Kier molecular flexibility index (Phi) is 6.30. The number of halogens is 3. The van der Waals surface area contributed by atoms with Crippen LogP contribution in [0.25, 0.3) is 11.4 Å². The summed E-state index contributed by atoms with van der Waals surface area (Å²) in [5.74, 6) is -1.72. The Morgan fingerprint density at radius 1 is 1.32 bits per heavy atom. The van der Waals surface area contributed by atoms with Crippen LogP contribution in [0.2, 0.25) is 0 Å². The fourth-order valence-corrected chi connectivity index (χ4v) is 2.66. The molecule has 3 heterocycles. The second-order valence-corrected chi connectivity index (χ2v) is 6.78. The fourth-order valence-electron chi connectivity index (χ4n) is 2.66. The lowest BCUT2D eigenvalue weighted by Gasteiger charge is -2.34. The summed E-state index contributed by atoms with van der Waals surface area (Å²) in [7, 11) is 0. The van der Waals surface area contributed by atoms with Crippen LogP contribution in [0.4, 0.5) is 13.2 Å². The van der Waals surface area contributed by atoms with Crippen LogP contribution in [-0.4, -0.2) is 55.2 Å². The lowest BCUT2D eigenvalue weighted by molar-refractivity contribution is -0.192. The Morgan fingerprint density at radius 3 is 2.48 bits per heavy atom. The molecular formula is C18H16F3N7O3. The Labute approximate surface area is 173 Å². The van der Waals surface area contributed by atoms with E-state index in [0.29, 0.717) is 37.8 Å². The smallest absolute Gasteiger partial charge is 0.475 e. The number of aliphatic carboxylic acids is 1. The van der Waals surface area contributed by atoms with Crippen LogP contribution in [0.15, 0.2) is 41.4 Å². The zero-order valence-corrected chi connectivity index (χ0v) is 15.9. The van der Waals surface area contributed by atoms with Crippen LogP contribution in [0.5, 0.6) is 0 Å². The van der Waals surface area contributed by atoms with E-state index in [1.807, 2.05) is 24.3 Å². The molecule has 1 aromatic carbocycles. The molecule has 4 rings (SSSR count). The maximum atomic E-state index is 10.6. The van der Waals surface area contributed by atoms with Crippen molar-refractivity contribution in [1.29, 1.82) is 5.26 Å². The molecule has 1 saturated heterocycles. The number of carboxylic acids is 1. The van der Waals surface area contributed by atoms with E-state index in [2.05, 4.69) is 31.6 Å². The summed E-state index contributed by atoms with van der Waals surface area (Å²) in [5.41, 5.74) is 1.58. The molecule has 0 aliphatic carbocycles. The van der Waals surface area contributed by atoms with Crippen molar-refractivity contribution in [3.63, 3.8) is 0 Å². The van der Waals surface area contributed by atoms with Gasteiger partial charge in [-0.15, -0.1) is 0 Å². The summed E-state index contributed by atoms with van der Waals surface area (Å²) >= 11 is 0. The predicted octanol–water partition coefficient (Wildman–Crippen LogP) is 1.67. The van der Waals surface area contributed by atoms with Crippen molar-refractivity contribution in [2.24, 2.45) is 5.41 Å². The lowest BCUT2D eigenvalue weighted by Crippen LogP contribution is -2.53. The summed E-state index contributed by atoms with van der Waals surface area (Å²) < 4.78 is 38.8. The van der Waals surface area contributed by atoms with Gasteiger partial charge in [-0.1, -0.05) is 29.4 Å². The van der Waals surface area contributed by atoms with Gasteiger partial charge in [-0.05, 0) is 5.56 Å². The first-order valence-corrected chi connectivity index (χ1v) is 8.87. The number of carbonyl (C=O) groups is 1. The number of hydrogen-bond donors (Lipinski definition) is 2. The molecule has 0 saturated carbocycles. The van der Waals surface area contributed by atoms with Gasteiger partial charge in [0.05, 0.1) is 18.0 Å². The zero-order chi connectivity index (χ0) is 22.5. The van der Waals surface area contributed by atoms with Crippen LogP contribution in [0, 0.1) is 16.7 Å². The maximum Gasteiger partial charge on any atom is 0.490 e. The van der Waals surface area contributed by atoms with Crippen LogP contribution in [0.3, 0.4) is 0 Å². The van der Waals surface area contributed by atoms with Gasteiger partial charge in [0, 0.05) is 25.1 Å². The SMILES string of the molecule is N#CC1(Cc2nc(-c3ccc(Cn4cncn4)cc3)no2)CNC1.O=C(O)C(F)(F)F. The molecule has 1 aliphatic rings. The summed E-state index contributed by atoms with van der Waals surface area (Å²) in [6, 6.07) is 10.2. The van der Waals surface area contributed by atoms with Crippen molar-refractivity contribution in [1.82, 2.24) is 30.2 Å². The highest BCUT2D eigenvalue weighted by Gasteiger charge is 2.39. The van der Waals surface area contributed by atoms with E-state index in [-0.39, 0.29) is 0 Å². The monoisotopic (exact) mass is 435 g/mol. The number of nitrogens with zero attached hydrogens (tertiary/aromatic N) is 6. The number of aromatic nitrogens is 5. The second kappa shape index (κ2) is 8.92. The third kappa shape index (κ3) is 5.64. The largest absolute Gasteiger partial charge is 0.490 e. The van der Waals surface area contributed by atoms with Crippen LogP contribution >= 0.6 is 0 Å². The molecule has 0 atom stereocenters. The summed E-state index contributed by atoms with van der Waals surface area (Å²) in [5, 5.41) is 27.6. The minimum absolute atomic E-state index is 0.411. The molecule has 0 spiro atoms. The van der Waals surface area contributed by atoms with Crippen molar-refractivity contribution in [2.75, 3.05) is 13.1 Å². The predicted molar refractivity (Wildman–Crippen MR) is 97.2 cm³/mol. The van der Waals surface area contributed by atoms with Crippen molar-refractivity contribution in [2.45, 2.75) is 19.1 Å². The van der Waals surface area contributed by atoms with E-state index in [1.54, 1.807) is 11.0 Å². The summed E-state index contributed by atoms with van der Waals surface area (Å²) in [6.07, 6.45) is -1.41. The number of carboxylic acid groups (broad SMARTS) is 1. The molecule has 0 amide bonds. The molecular weight excluding hydrogens is 419 g/mol. The third-order valence-corrected chi connectivity index (χ3v) is 4.39. The minimum atomic E-state index is -5.08. The van der Waals surface area contributed by atoms with Gasteiger partial charge >= 0.3 is 12.1 Å². The van der Waals surface area contributed by atoms with Crippen LogP contribution < -0.4 is 5.32 Å². The van der Waals surface area contributed by atoms with E-state index in [4.69, 9.17) is 14.4 Å². The van der Waals surface area contributed by atoms with E-state index in [9.17, 15) is 18.4 Å². The van der Waals surface area contributed by atoms with Crippen molar-refractivity contribution >= 4 is 5.97 Å². The van der Waals surface area contributed by atoms with Crippen LogP contribution in [0.1, 0.15) is 11.5 Å². The zero-order valence-electron chi connectivity index (χ0n) is 15.9. The number of alkyl halides is 3. The van der Waals surface area contributed by atoms with Crippen molar-refractivity contribution in [3.8, 4) is 17.5 Å². The number of rotatable bonds is 5. The summed E-state index contributed by atoms with van der Waals surface area (Å²) in [6.45, 7) is 1.99. The average molecular weight is 435 g/mol. The van der Waals surface area contributed by atoms with Crippen LogP contribution in [-0.2, 0) is 17.8 Å². The first-order valence-electron chi connectivity index (χ1n) is 8.87. The van der Waals surface area contributed by atoms with Gasteiger partial charge in [-0.2, -0.15) is 28.5 Å². The summed E-state index contributed by atoms with van der Waals surface area (Å²) in [4.78, 5) is 17.2. The molecule has 10 nitrogen and oxygen atoms in total. The Bertz CT molecular complexity index is 1050. The third-order valence-electron chi connectivity index (χ3n) is 4.39. The maximum absolute atomic E-state index is 10.6. The second-order valence-electron chi connectivity index (χ2n) is 6.78. The Hall–Kier alpha value is -3.79. The number of nitrogens with one attached hydrogen (secondary N) is 1. The van der Waals surface area contributed by atoms with Gasteiger partial charge in [0.25, 0.3) is 0 Å². The van der Waals surface area contributed by atoms with E-state index < -0.39 is 17.6 Å². The Morgan fingerprint density at radius 2 is 2.00 bits per heavy atom. The van der Waals surface area contributed by atoms with Gasteiger partial charge in [0.2, 0.25) is 11.7 Å². The van der Waals surface area contributed by atoms with E-state index in [0.717, 1.165) is 11.1 Å². The molecule has 2 N–H and O–H groups in total. The number of benzene rings is 1. The molecule has 0 bridgehead atoms. The highest BCUT2D eigenvalue weighted by Crippen LogP contribution is 2.27. The van der Waals surface area contributed by atoms with Gasteiger partial charge in [0.15, 0.2) is 0 Å². The molecule has 13 heteroatoms. The van der Waals surface area contributed by atoms with Gasteiger partial charge < -0.3 is 14.9 Å². The molecule has 2 aromatic heterocycles. The molecule has 31 heavy (non-hydrogen) atoms. The quantitative estimate of drug-likeness (QED) is 0.612. The molecule has 162 valence electrons. The fraction of sp³-hybridized carbons (Fsp3) is 0.333. The van der Waals surface area contributed by atoms with E-state index in [1.165, 1.54) is 6.33 Å². The van der Waals surface area contributed by atoms with Gasteiger partial charge in [-0.25, -0.2) is 14.5 Å². The normalized spacial score (nSPS) is 14.6. The molecule has 0 radical (unpaired) electrons. The number of hydrogen-bond acceptors (Lipinski definition) is 8. The highest BCUT2D eigenvalue weighted by molar-refractivity contribution is 5.73. The van der Waals surface area contributed by atoms with Gasteiger partial charge in [0.1, 0.15) is 12.7 Å². The topological polar surface area (TPSA) is 143 Å².